The smallest absolute Gasteiger partial charge is 0.325 e. The summed E-state index contributed by atoms with van der Waals surface area (Å²) < 4.78 is 1.46. The molecule has 0 fully saturated rings. The Kier molecular flexibility index (Phi) is 5.31. The number of hydrogen-bond acceptors (Lipinski definition) is 6. The summed E-state index contributed by atoms with van der Waals surface area (Å²) in [5, 5.41) is 33.5. The summed E-state index contributed by atoms with van der Waals surface area (Å²) in [4.78, 5) is 41.9. The van der Waals surface area contributed by atoms with Crippen LogP contribution >= 0.6 is 0 Å². The van der Waals surface area contributed by atoms with Crippen molar-refractivity contribution in [3.8, 4) is 11.4 Å². The lowest BCUT2D eigenvalue weighted by molar-refractivity contribution is -0.148. The fourth-order valence-corrected chi connectivity index (χ4v) is 4.09. The first-order valence-electron chi connectivity index (χ1n) is 10.2. The van der Waals surface area contributed by atoms with Crippen LogP contribution in [0, 0.1) is 0 Å². The molecule has 0 unspecified atom stereocenters. The van der Waals surface area contributed by atoms with Gasteiger partial charge in [-0.05, 0) is 31.5 Å². The van der Waals surface area contributed by atoms with Crippen LogP contribution in [0.25, 0.3) is 22.3 Å². The van der Waals surface area contributed by atoms with E-state index in [1.165, 1.54) is 24.5 Å². The van der Waals surface area contributed by atoms with E-state index in [0.717, 1.165) is 16.5 Å². The number of pyridine rings is 2. The number of nitrogens with zero attached hydrogens (tertiary/aromatic N) is 2. The Labute approximate surface area is 183 Å². The molecular weight excluding hydrogens is 414 g/mol. The molecule has 3 aromatic rings. The molecule has 0 saturated heterocycles. The highest BCUT2D eigenvalue weighted by Gasteiger charge is 2.41. The van der Waals surface area contributed by atoms with Crippen molar-refractivity contribution in [2.45, 2.75) is 45.1 Å². The number of amides is 1. The fourth-order valence-electron chi connectivity index (χ4n) is 4.09. The van der Waals surface area contributed by atoms with E-state index in [1.54, 1.807) is 0 Å². The third kappa shape index (κ3) is 3.26. The summed E-state index contributed by atoms with van der Waals surface area (Å²) in [5.41, 5.74) is -0.392. The topological polar surface area (TPSA) is 142 Å². The highest BCUT2D eigenvalue weighted by Crippen LogP contribution is 2.36. The molecule has 9 heteroatoms. The predicted molar refractivity (Wildman–Crippen MR) is 116 cm³/mol. The molecule has 0 radical (unpaired) electrons. The Hall–Kier alpha value is -3.56. The summed E-state index contributed by atoms with van der Waals surface area (Å²) in [6.07, 6.45) is -0.140. The number of nitrogens with one attached hydrogen (secondary N) is 1. The molecule has 0 spiro atoms. The molecule has 3 heterocycles. The number of aliphatic carboxylic acids is 1. The van der Waals surface area contributed by atoms with Gasteiger partial charge in [-0.25, -0.2) is 4.98 Å². The average Bonchev–Trinajstić information content (AvgIpc) is 3.14. The van der Waals surface area contributed by atoms with E-state index >= 15 is 0 Å². The number of carboxylic acids is 1. The molecule has 32 heavy (non-hydrogen) atoms. The zero-order valence-corrected chi connectivity index (χ0v) is 17.6. The SMILES string of the molecule is CC[C@@](O)(C(=O)N[C@H](C)C(=O)O)c1cc2n(c(=O)c1CO)Cc1cc3ccccc3nc1-2. The van der Waals surface area contributed by atoms with Crippen LogP contribution in [0.2, 0.25) is 0 Å². The van der Waals surface area contributed by atoms with E-state index in [0.29, 0.717) is 11.4 Å². The third-order valence-electron chi connectivity index (χ3n) is 5.98. The van der Waals surface area contributed by atoms with Gasteiger partial charge in [0.2, 0.25) is 0 Å². The van der Waals surface area contributed by atoms with E-state index in [4.69, 9.17) is 5.11 Å². The van der Waals surface area contributed by atoms with E-state index in [2.05, 4.69) is 10.3 Å². The third-order valence-corrected chi connectivity index (χ3v) is 5.98. The Balaban J connectivity index is 1.91. The summed E-state index contributed by atoms with van der Waals surface area (Å²) in [5.74, 6) is -2.23. The van der Waals surface area contributed by atoms with Crippen molar-refractivity contribution < 1.29 is 24.9 Å². The van der Waals surface area contributed by atoms with E-state index < -0.39 is 35.7 Å². The van der Waals surface area contributed by atoms with Gasteiger partial charge in [-0.1, -0.05) is 25.1 Å². The van der Waals surface area contributed by atoms with Gasteiger partial charge in [0.05, 0.1) is 30.1 Å². The molecule has 0 bridgehead atoms. The maximum absolute atomic E-state index is 13.2. The van der Waals surface area contributed by atoms with E-state index in [1.807, 2.05) is 30.3 Å². The molecule has 1 aliphatic heterocycles. The highest BCUT2D eigenvalue weighted by atomic mass is 16.4. The number of carbonyl (C=O) groups excluding carboxylic acids is 1. The number of benzene rings is 1. The van der Waals surface area contributed by atoms with Crippen LogP contribution in [0.1, 0.15) is 37.0 Å². The van der Waals surface area contributed by atoms with Gasteiger partial charge in [-0.3, -0.25) is 14.4 Å². The standard InChI is InChI=1S/C23H23N3O6/c1-3-23(32,22(31)24-12(2)21(29)30)16-9-18-19-14(10-26(18)20(28)15(16)11-27)8-13-6-4-5-7-17(13)25-19/h4-9,12,27,32H,3,10-11H2,1-2H3,(H,24,31)(H,29,30)/t12-,23+/m1/s1. The van der Waals surface area contributed by atoms with Gasteiger partial charge in [-0.2, -0.15) is 0 Å². The number of para-hydroxylation sites is 1. The summed E-state index contributed by atoms with van der Waals surface area (Å²) >= 11 is 0. The van der Waals surface area contributed by atoms with Gasteiger partial charge in [0, 0.05) is 22.1 Å². The molecule has 4 rings (SSSR count). The van der Waals surface area contributed by atoms with Gasteiger partial charge in [0.1, 0.15) is 6.04 Å². The summed E-state index contributed by atoms with van der Waals surface area (Å²) in [7, 11) is 0. The average molecular weight is 437 g/mol. The molecule has 2 atom stereocenters. The first-order chi connectivity index (χ1) is 15.2. The molecule has 9 nitrogen and oxygen atoms in total. The lowest BCUT2D eigenvalue weighted by Crippen LogP contribution is -2.50. The predicted octanol–water partition coefficient (Wildman–Crippen LogP) is 1.10. The van der Waals surface area contributed by atoms with Gasteiger partial charge >= 0.3 is 5.97 Å². The first-order valence-corrected chi connectivity index (χ1v) is 10.2. The van der Waals surface area contributed by atoms with E-state index in [9.17, 15) is 24.6 Å². The number of aliphatic hydroxyl groups is 2. The van der Waals surface area contributed by atoms with Crippen molar-refractivity contribution >= 4 is 22.8 Å². The largest absolute Gasteiger partial charge is 0.480 e. The van der Waals surface area contributed by atoms with Crippen LogP contribution in [-0.4, -0.2) is 42.8 Å². The van der Waals surface area contributed by atoms with Crippen LogP contribution in [0.5, 0.6) is 0 Å². The quantitative estimate of drug-likeness (QED) is 0.354. The van der Waals surface area contributed by atoms with Crippen LogP contribution < -0.4 is 10.9 Å². The maximum atomic E-state index is 13.2. The lowest BCUT2D eigenvalue weighted by Gasteiger charge is -2.29. The van der Waals surface area contributed by atoms with Crippen molar-refractivity contribution in [2.75, 3.05) is 0 Å². The number of hydrogen-bond donors (Lipinski definition) is 4. The summed E-state index contributed by atoms with van der Waals surface area (Å²) in [6, 6.07) is 9.71. The molecule has 1 aromatic carbocycles. The van der Waals surface area contributed by atoms with Gasteiger partial charge in [0.25, 0.3) is 11.5 Å². The molecular formula is C23H23N3O6. The van der Waals surface area contributed by atoms with Crippen LogP contribution in [0.4, 0.5) is 0 Å². The van der Waals surface area contributed by atoms with Gasteiger partial charge in [0.15, 0.2) is 5.60 Å². The van der Waals surface area contributed by atoms with Crippen LogP contribution in [0.15, 0.2) is 41.2 Å². The Morgan fingerprint density at radius 2 is 2.00 bits per heavy atom. The maximum Gasteiger partial charge on any atom is 0.325 e. The fraction of sp³-hybridized carbons (Fsp3) is 0.304. The lowest BCUT2D eigenvalue weighted by atomic mass is 9.86. The molecule has 2 aromatic heterocycles. The van der Waals surface area contributed by atoms with Crippen molar-refractivity contribution in [1.29, 1.82) is 0 Å². The van der Waals surface area contributed by atoms with Crippen molar-refractivity contribution in [3.63, 3.8) is 0 Å². The van der Waals surface area contributed by atoms with Crippen molar-refractivity contribution in [2.24, 2.45) is 0 Å². The second-order valence-electron chi connectivity index (χ2n) is 7.91. The Morgan fingerprint density at radius 1 is 1.28 bits per heavy atom. The van der Waals surface area contributed by atoms with E-state index in [-0.39, 0.29) is 24.1 Å². The van der Waals surface area contributed by atoms with Crippen molar-refractivity contribution in [1.82, 2.24) is 14.9 Å². The minimum Gasteiger partial charge on any atom is -0.480 e. The zero-order chi connectivity index (χ0) is 23.2. The Bertz CT molecular complexity index is 1320. The number of aliphatic hydroxyl groups excluding tert-OH is 1. The van der Waals surface area contributed by atoms with Crippen molar-refractivity contribution in [3.05, 3.63) is 63.4 Å². The monoisotopic (exact) mass is 437 g/mol. The molecule has 0 aliphatic carbocycles. The van der Waals surface area contributed by atoms with Gasteiger partial charge in [-0.15, -0.1) is 0 Å². The summed E-state index contributed by atoms with van der Waals surface area (Å²) in [6.45, 7) is 2.37. The second kappa shape index (κ2) is 7.85. The molecule has 166 valence electrons. The highest BCUT2D eigenvalue weighted by molar-refractivity contribution is 5.91. The minimum absolute atomic E-state index is 0.0587. The van der Waals surface area contributed by atoms with Crippen LogP contribution in [-0.2, 0) is 28.3 Å². The number of carboxylic acid groups (broad SMARTS) is 1. The molecule has 1 aliphatic rings. The molecule has 1 amide bonds. The second-order valence-corrected chi connectivity index (χ2v) is 7.91. The number of aromatic nitrogens is 2. The Morgan fingerprint density at radius 3 is 2.66 bits per heavy atom. The molecule has 4 N–H and O–H groups in total. The number of carbonyl (C=O) groups is 2. The van der Waals surface area contributed by atoms with Gasteiger partial charge < -0.3 is 25.2 Å². The van der Waals surface area contributed by atoms with Crippen LogP contribution in [0.3, 0.4) is 0 Å². The number of rotatable bonds is 6. The zero-order valence-electron chi connectivity index (χ0n) is 17.6. The molecule has 0 saturated carbocycles. The first kappa shape index (κ1) is 21.7. The normalized spacial score (nSPS) is 15.0. The number of fused-ring (bicyclic) bond motifs is 4. The minimum atomic E-state index is -2.21.